The number of aromatic nitrogens is 1. The molecular formula is C12H20ClN3O2S. The maximum absolute atomic E-state index is 12.0. The average Bonchev–Trinajstić information content (AvgIpc) is 2.59. The Bertz CT molecular complexity index is 417. The molecule has 0 radical (unpaired) electrons. The number of hydrogen-bond donors (Lipinski definition) is 2. The minimum atomic E-state index is -0.0955. The van der Waals surface area contributed by atoms with Crippen molar-refractivity contribution in [2.24, 2.45) is 5.92 Å². The molecule has 2 heterocycles. The number of nitrogens with one attached hydrogen (secondary N) is 2. The molecule has 1 aliphatic rings. The van der Waals surface area contributed by atoms with Crippen molar-refractivity contribution in [3.63, 3.8) is 0 Å². The van der Waals surface area contributed by atoms with Crippen LogP contribution < -0.4 is 10.6 Å². The minimum absolute atomic E-state index is 0. The number of thiazole rings is 1. The summed E-state index contributed by atoms with van der Waals surface area (Å²) in [6.45, 7) is 7.19. The monoisotopic (exact) mass is 305 g/mol. The van der Waals surface area contributed by atoms with Gasteiger partial charge in [-0.05, 0) is 13.8 Å². The molecule has 0 spiro atoms. The first-order valence-corrected chi connectivity index (χ1v) is 6.97. The van der Waals surface area contributed by atoms with Gasteiger partial charge in [-0.25, -0.2) is 4.98 Å². The summed E-state index contributed by atoms with van der Waals surface area (Å²) in [6.07, 6.45) is 0. The fraction of sp³-hybridized carbons (Fsp3) is 0.667. The molecule has 1 aromatic rings. The second-order valence-corrected chi connectivity index (χ2v) is 5.72. The van der Waals surface area contributed by atoms with Gasteiger partial charge in [-0.2, -0.15) is 0 Å². The van der Waals surface area contributed by atoms with E-state index in [2.05, 4.69) is 15.6 Å². The Morgan fingerprint density at radius 2 is 2.37 bits per heavy atom. The normalized spacial score (nSPS) is 19.4. The van der Waals surface area contributed by atoms with E-state index < -0.39 is 0 Å². The summed E-state index contributed by atoms with van der Waals surface area (Å²) in [6, 6.07) is 0. The zero-order chi connectivity index (χ0) is 13.0. The van der Waals surface area contributed by atoms with Crippen LogP contribution >= 0.6 is 23.7 Å². The van der Waals surface area contributed by atoms with E-state index in [0.29, 0.717) is 26.3 Å². The summed E-state index contributed by atoms with van der Waals surface area (Å²) >= 11 is 1.63. The largest absolute Gasteiger partial charge is 0.379 e. The maximum atomic E-state index is 12.0. The van der Waals surface area contributed by atoms with E-state index in [4.69, 9.17) is 4.74 Å². The fourth-order valence-electron chi connectivity index (χ4n) is 1.92. The van der Waals surface area contributed by atoms with E-state index in [0.717, 1.165) is 22.1 Å². The van der Waals surface area contributed by atoms with Crippen molar-refractivity contribution in [1.29, 1.82) is 0 Å². The topological polar surface area (TPSA) is 63.2 Å². The number of hydrogen-bond acceptors (Lipinski definition) is 5. The van der Waals surface area contributed by atoms with Crippen molar-refractivity contribution in [2.75, 3.05) is 26.3 Å². The number of rotatable bonds is 3. The predicted molar refractivity (Wildman–Crippen MR) is 77.9 cm³/mol. The minimum Gasteiger partial charge on any atom is -0.379 e. The van der Waals surface area contributed by atoms with Gasteiger partial charge in [0.1, 0.15) is 0 Å². The Morgan fingerprint density at radius 1 is 1.58 bits per heavy atom. The van der Waals surface area contributed by atoms with Crippen LogP contribution in [0.15, 0.2) is 0 Å². The molecule has 2 rings (SSSR count). The van der Waals surface area contributed by atoms with Crippen LogP contribution in [-0.4, -0.2) is 37.2 Å². The van der Waals surface area contributed by atoms with Crippen molar-refractivity contribution < 1.29 is 9.53 Å². The van der Waals surface area contributed by atoms with Crippen LogP contribution in [0.1, 0.15) is 15.6 Å². The summed E-state index contributed by atoms with van der Waals surface area (Å²) in [5, 5.41) is 7.20. The van der Waals surface area contributed by atoms with Crippen molar-refractivity contribution >= 4 is 29.7 Å². The molecule has 1 amide bonds. The van der Waals surface area contributed by atoms with Gasteiger partial charge in [0.2, 0.25) is 5.91 Å². The molecule has 0 saturated carbocycles. The van der Waals surface area contributed by atoms with E-state index in [1.54, 1.807) is 11.3 Å². The smallest absolute Gasteiger partial charge is 0.227 e. The lowest BCUT2D eigenvalue weighted by molar-refractivity contribution is -0.126. The van der Waals surface area contributed by atoms with Crippen molar-refractivity contribution in [2.45, 2.75) is 20.4 Å². The van der Waals surface area contributed by atoms with Crippen molar-refractivity contribution in [3.05, 3.63) is 15.6 Å². The number of halogens is 1. The molecule has 2 N–H and O–H groups in total. The van der Waals surface area contributed by atoms with Gasteiger partial charge in [-0.15, -0.1) is 23.7 Å². The van der Waals surface area contributed by atoms with Gasteiger partial charge >= 0.3 is 0 Å². The highest BCUT2D eigenvalue weighted by molar-refractivity contribution is 7.11. The number of amides is 1. The lowest BCUT2D eigenvalue weighted by atomic mass is 10.1. The maximum Gasteiger partial charge on any atom is 0.227 e. The van der Waals surface area contributed by atoms with E-state index in [-0.39, 0.29) is 24.2 Å². The molecule has 0 aromatic carbocycles. The molecule has 1 aliphatic heterocycles. The van der Waals surface area contributed by atoms with Crippen molar-refractivity contribution in [3.8, 4) is 0 Å². The Hall–Kier alpha value is -0.690. The molecule has 0 aliphatic carbocycles. The van der Waals surface area contributed by atoms with Gasteiger partial charge in [0.05, 0.1) is 36.4 Å². The number of ether oxygens (including phenoxy) is 1. The number of aryl methyl sites for hydroxylation is 2. The second kappa shape index (κ2) is 7.79. The summed E-state index contributed by atoms with van der Waals surface area (Å²) in [5.74, 6) is -0.0447. The van der Waals surface area contributed by atoms with Crippen LogP contribution in [0.3, 0.4) is 0 Å². The van der Waals surface area contributed by atoms with Gasteiger partial charge in [0, 0.05) is 18.0 Å². The average molecular weight is 306 g/mol. The van der Waals surface area contributed by atoms with Crippen molar-refractivity contribution in [1.82, 2.24) is 15.6 Å². The molecule has 1 aromatic heterocycles. The van der Waals surface area contributed by atoms with Gasteiger partial charge < -0.3 is 15.4 Å². The summed E-state index contributed by atoms with van der Waals surface area (Å²) < 4.78 is 5.38. The molecule has 1 unspecified atom stereocenters. The Labute approximate surface area is 123 Å². The van der Waals surface area contributed by atoms with Crippen LogP contribution in [0.5, 0.6) is 0 Å². The predicted octanol–water partition coefficient (Wildman–Crippen LogP) is 1.03. The quantitative estimate of drug-likeness (QED) is 0.876. The summed E-state index contributed by atoms with van der Waals surface area (Å²) in [7, 11) is 0. The second-order valence-electron chi connectivity index (χ2n) is 4.44. The summed E-state index contributed by atoms with van der Waals surface area (Å²) in [5.41, 5.74) is 1.01. The lowest BCUT2D eigenvalue weighted by Crippen LogP contribution is -2.37. The molecule has 1 fully saturated rings. The van der Waals surface area contributed by atoms with Gasteiger partial charge in [-0.1, -0.05) is 0 Å². The van der Waals surface area contributed by atoms with Crippen LogP contribution in [0.4, 0.5) is 0 Å². The third kappa shape index (κ3) is 4.72. The van der Waals surface area contributed by atoms with E-state index >= 15 is 0 Å². The molecule has 0 bridgehead atoms. The zero-order valence-corrected chi connectivity index (χ0v) is 12.8. The van der Waals surface area contributed by atoms with Gasteiger partial charge in [0.25, 0.3) is 0 Å². The standard InChI is InChI=1S/C12H19N3O2S.ClH/c1-8-11(18-9(2)15-8)6-14-12(16)10-5-13-3-4-17-7-10;/h10,13H,3-7H2,1-2H3,(H,14,16);1H. The Morgan fingerprint density at radius 3 is 3.05 bits per heavy atom. The molecular weight excluding hydrogens is 286 g/mol. The molecule has 5 nitrogen and oxygen atoms in total. The SMILES string of the molecule is Cc1nc(C)c(CNC(=O)C2CNCCOC2)s1.Cl. The molecule has 1 saturated heterocycles. The number of carbonyl (C=O) groups excluding carboxylic acids is 1. The fourth-order valence-corrected chi connectivity index (χ4v) is 2.80. The van der Waals surface area contributed by atoms with E-state index in [1.165, 1.54) is 0 Å². The van der Waals surface area contributed by atoms with Crippen LogP contribution in [0, 0.1) is 19.8 Å². The first-order valence-electron chi connectivity index (χ1n) is 6.16. The van der Waals surface area contributed by atoms with Gasteiger partial charge in [-0.3, -0.25) is 4.79 Å². The first kappa shape index (κ1) is 16.4. The van der Waals surface area contributed by atoms with Crippen LogP contribution in [0.25, 0.3) is 0 Å². The highest BCUT2D eigenvalue weighted by atomic mass is 35.5. The first-order chi connectivity index (χ1) is 8.66. The zero-order valence-electron chi connectivity index (χ0n) is 11.2. The third-order valence-electron chi connectivity index (χ3n) is 2.93. The Balaban J connectivity index is 0.00000180. The van der Waals surface area contributed by atoms with Gasteiger partial charge in [0.15, 0.2) is 0 Å². The highest BCUT2D eigenvalue weighted by Crippen LogP contribution is 2.16. The number of nitrogens with zero attached hydrogens (tertiary/aromatic N) is 1. The highest BCUT2D eigenvalue weighted by Gasteiger charge is 2.20. The van der Waals surface area contributed by atoms with Crippen LogP contribution in [0.2, 0.25) is 0 Å². The Kier molecular flexibility index (Phi) is 6.71. The van der Waals surface area contributed by atoms with E-state index in [9.17, 15) is 4.79 Å². The van der Waals surface area contributed by atoms with Crippen LogP contribution in [-0.2, 0) is 16.1 Å². The molecule has 1 atom stereocenters. The third-order valence-corrected chi connectivity index (χ3v) is 4.00. The molecule has 108 valence electrons. The molecule has 19 heavy (non-hydrogen) atoms. The number of carbonyl (C=O) groups is 1. The lowest BCUT2D eigenvalue weighted by Gasteiger charge is -2.13. The summed E-state index contributed by atoms with van der Waals surface area (Å²) in [4.78, 5) is 17.5. The molecule has 7 heteroatoms. The van der Waals surface area contributed by atoms with E-state index in [1.807, 2.05) is 13.8 Å².